The van der Waals surface area contributed by atoms with Crippen LogP contribution in [0.1, 0.15) is 19.5 Å². The summed E-state index contributed by atoms with van der Waals surface area (Å²) in [5.74, 6) is 0.821. The van der Waals surface area contributed by atoms with E-state index in [9.17, 15) is 0 Å². The van der Waals surface area contributed by atoms with Gasteiger partial charge < -0.3 is 9.32 Å². The van der Waals surface area contributed by atoms with E-state index in [-0.39, 0.29) is 0 Å². The van der Waals surface area contributed by atoms with Crippen molar-refractivity contribution in [3.05, 3.63) is 42.4 Å². The van der Waals surface area contributed by atoms with Gasteiger partial charge in [0.2, 0.25) is 5.88 Å². The number of anilines is 2. The van der Waals surface area contributed by atoms with E-state index < -0.39 is 0 Å². The van der Waals surface area contributed by atoms with Gasteiger partial charge in [0.05, 0.1) is 0 Å². The van der Waals surface area contributed by atoms with E-state index in [1.165, 1.54) is 6.39 Å². The number of para-hydroxylation sites is 1. The summed E-state index contributed by atoms with van der Waals surface area (Å²) in [4.78, 5) is 6.28. The van der Waals surface area contributed by atoms with Crippen molar-refractivity contribution in [2.75, 3.05) is 4.90 Å². The molecule has 0 saturated heterocycles. The number of benzene rings is 1. The molecule has 0 atom stereocenters. The molecule has 0 spiro atoms. The molecule has 0 amide bonds. The van der Waals surface area contributed by atoms with Gasteiger partial charge in [-0.1, -0.05) is 18.2 Å². The first-order valence-corrected chi connectivity index (χ1v) is 5.44. The molecule has 0 aliphatic carbocycles. The van der Waals surface area contributed by atoms with Crippen LogP contribution in [0.5, 0.6) is 0 Å². The van der Waals surface area contributed by atoms with E-state index in [0.29, 0.717) is 6.04 Å². The van der Waals surface area contributed by atoms with Gasteiger partial charge in [0.15, 0.2) is 6.39 Å². The zero-order valence-corrected chi connectivity index (χ0v) is 9.84. The van der Waals surface area contributed by atoms with Gasteiger partial charge in [0, 0.05) is 11.7 Å². The van der Waals surface area contributed by atoms with Crippen LogP contribution in [0.4, 0.5) is 11.6 Å². The zero-order valence-electron chi connectivity index (χ0n) is 9.84. The standard InChI is InChI=1S/C13H16N2O/c1-10(2)15(12-7-5-4-6-8-12)13-11(3)14-9-16-13/h4-10H,1-3H3. The monoisotopic (exact) mass is 216 g/mol. The highest BCUT2D eigenvalue weighted by Gasteiger charge is 2.18. The van der Waals surface area contributed by atoms with Crippen LogP contribution in [0.2, 0.25) is 0 Å². The van der Waals surface area contributed by atoms with E-state index >= 15 is 0 Å². The van der Waals surface area contributed by atoms with Gasteiger partial charge >= 0.3 is 0 Å². The molecule has 16 heavy (non-hydrogen) atoms. The van der Waals surface area contributed by atoms with Gasteiger partial charge in [-0.2, -0.15) is 0 Å². The molecule has 0 bridgehead atoms. The summed E-state index contributed by atoms with van der Waals surface area (Å²) in [5, 5.41) is 0. The number of aryl methyl sites for hydroxylation is 1. The summed E-state index contributed by atoms with van der Waals surface area (Å²) in [6.07, 6.45) is 1.49. The molecule has 1 heterocycles. The normalized spacial score (nSPS) is 10.8. The number of oxazole rings is 1. The molecule has 3 nitrogen and oxygen atoms in total. The molecule has 0 aliphatic heterocycles. The molecular weight excluding hydrogens is 200 g/mol. The fourth-order valence-electron chi connectivity index (χ4n) is 1.77. The largest absolute Gasteiger partial charge is 0.427 e. The Kier molecular flexibility index (Phi) is 2.95. The van der Waals surface area contributed by atoms with Crippen molar-refractivity contribution in [2.24, 2.45) is 0 Å². The molecular formula is C13H16N2O. The molecule has 0 unspecified atom stereocenters. The van der Waals surface area contributed by atoms with Gasteiger partial charge in [0.1, 0.15) is 5.69 Å². The lowest BCUT2D eigenvalue weighted by Crippen LogP contribution is -2.25. The van der Waals surface area contributed by atoms with Crippen LogP contribution in [0.25, 0.3) is 0 Å². The number of hydrogen-bond acceptors (Lipinski definition) is 3. The molecule has 0 fully saturated rings. The Morgan fingerprint density at radius 2 is 1.88 bits per heavy atom. The maximum atomic E-state index is 5.46. The first-order valence-electron chi connectivity index (χ1n) is 5.44. The second-order valence-electron chi connectivity index (χ2n) is 4.04. The minimum Gasteiger partial charge on any atom is -0.427 e. The maximum Gasteiger partial charge on any atom is 0.223 e. The molecule has 0 saturated carbocycles. The van der Waals surface area contributed by atoms with Crippen LogP contribution < -0.4 is 4.90 Å². The van der Waals surface area contributed by atoms with E-state index in [0.717, 1.165) is 17.3 Å². The Bertz CT molecular complexity index is 448. The molecule has 3 heteroatoms. The van der Waals surface area contributed by atoms with Crippen molar-refractivity contribution in [1.82, 2.24) is 4.98 Å². The summed E-state index contributed by atoms with van der Waals surface area (Å²) < 4.78 is 5.46. The molecule has 0 radical (unpaired) electrons. The third kappa shape index (κ3) is 1.94. The van der Waals surface area contributed by atoms with Crippen LogP contribution >= 0.6 is 0 Å². The van der Waals surface area contributed by atoms with Crippen molar-refractivity contribution in [3.63, 3.8) is 0 Å². The number of nitrogens with zero attached hydrogens (tertiary/aromatic N) is 2. The Morgan fingerprint density at radius 1 is 1.19 bits per heavy atom. The summed E-state index contributed by atoms with van der Waals surface area (Å²) in [6.45, 7) is 6.22. The van der Waals surface area contributed by atoms with Crippen molar-refractivity contribution in [3.8, 4) is 0 Å². The lowest BCUT2D eigenvalue weighted by molar-refractivity contribution is 0.541. The van der Waals surface area contributed by atoms with Crippen molar-refractivity contribution >= 4 is 11.6 Å². The second-order valence-corrected chi connectivity index (χ2v) is 4.04. The Hall–Kier alpha value is -1.77. The quantitative estimate of drug-likeness (QED) is 0.786. The van der Waals surface area contributed by atoms with Gasteiger partial charge in [-0.15, -0.1) is 0 Å². The molecule has 0 aliphatic rings. The summed E-state index contributed by atoms with van der Waals surface area (Å²) >= 11 is 0. The number of aromatic nitrogens is 1. The second kappa shape index (κ2) is 4.39. The van der Waals surface area contributed by atoms with Crippen LogP contribution in [0.3, 0.4) is 0 Å². The predicted molar refractivity (Wildman–Crippen MR) is 65.0 cm³/mol. The molecule has 0 N–H and O–H groups in total. The summed E-state index contributed by atoms with van der Waals surface area (Å²) in [7, 11) is 0. The topological polar surface area (TPSA) is 29.3 Å². The highest BCUT2D eigenvalue weighted by Crippen LogP contribution is 2.29. The molecule has 1 aromatic heterocycles. The lowest BCUT2D eigenvalue weighted by Gasteiger charge is -2.26. The highest BCUT2D eigenvalue weighted by atomic mass is 16.4. The van der Waals surface area contributed by atoms with Crippen molar-refractivity contribution < 1.29 is 4.42 Å². The smallest absolute Gasteiger partial charge is 0.223 e. The Morgan fingerprint density at radius 3 is 2.38 bits per heavy atom. The maximum absolute atomic E-state index is 5.46. The van der Waals surface area contributed by atoms with E-state index in [1.807, 2.05) is 25.1 Å². The Balaban J connectivity index is 2.43. The summed E-state index contributed by atoms with van der Waals surface area (Å²) in [5.41, 5.74) is 2.04. The average Bonchev–Trinajstić information content (AvgIpc) is 2.66. The fourth-order valence-corrected chi connectivity index (χ4v) is 1.77. The minimum absolute atomic E-state index is 0.328. The summed E-state index contributed by atoms with van der Waals surface area (Å²) in [6, 6.07) is 10.5. The third-order valence-electron chi connectivity index (χ3n) is 2.49. The van der Waals surface area contributed by atoms with Crippen LogP contribution in [0, 0.1) is 6.92 Å². The van der Waals surface area contributed by atoms with Gasteiger partial charge in [-0.25, -0.2) is 4.98 Å². The molecule has 84 valence electrons. The van der Waals surface area contributed by atoms with E-state index in [4.69, 9.17) is 4.42 Å². The van der Waals surface area contributed by atoms with Crippen LogP contribution in [-0.2, 0) is 0 Å². The van der Waals surface area contributed by atoms with E-state index in [2.05, 4.69) is 35.9 Å². The minimum atomic E-state index is 0.328. The zero-order chi connectivity index (χ0) is 11.5. The molecule has 1 aromatic carbocycles. The third-order valence-corrected chi connectivity index (χ3v) is 2.49. The SMILES string of the molecule is Cc1ncoc1N(c1ccccc1)C(C)C. The average molecular weight is 216 g/mol. The van der Waals surface area contributed by atoms with Crippen molar-refractivity contribution in [1.29, 1.82) is 0 Å². The molecule has 2 aromatic rings. The lowest BCUT2D eigenvalue weighted by atomic mass is 10.2. The highest BCUT2D eigenvalue weighted by molar-refractivity contribution is 5.60. The first-order chi connectivity index (χ1) is 7.70. The number of rotatable bonds is 3. The Labute approximate surface area is 95.7 Å². The van der Waals surface area contributed by atoms with Crippen LogP contribution in [-0.4, -0.2) is 11.0 Å². The van der Waals surface area contributed by atoms with E-state index in [1.54, 1.807) is 0 Å². The van der Waals surface area contributed by atoms with Gasteiger partial charge in [-0.3, -0.25) is 0 Å². The number of hydrogen-bond donors (Lipinski definition) is 0. The predicted octanol–water partition coefficient (Wildman–Crippen LogP) is 3.53. The fraction of sp³-hybridized carbons (Fsp3) is 0.308. The van der Waals surface area contributed by atoms with Gasteiger partial charge in [-0.05, 0) is 32.9 Å². The molecule has 2 rings (SSSR count). The van der Waals surface area contributed by atoms with Crippen molar-refractivity contribution in [2.45, 2.75) is 26.8 Å². The van der Waals surface area contributed by atoms with Crippen LogP contribution in [0.15, 0.2) is 41.1 Å². The first kappa shape index (κ1) is 10.7. The van der Waals surface area contributed by atoms with Gasteiger partial charge in [0.25, 0.3) is 0 Å².